The lowest BCUT2D eigenvalue weighted by Gasteiger charge is -2.17. The van der Waals surface area contributed by atoms with Crippen LogP contribution in [0, 0.1) is 20.8 Å². The second-order valence-electron chi connectivity index (χ2n) is 5.33. The van der Waals surface area contributed by atoms with Crippen molar-refractivity contribution in [3.05, 3.63) is 28.3 Å². The van der Waals surface area contributed by atoms with E-state index in [-0.39, 0.29) is 6.04 Å². The Hall–Kier alpha value is -1.56. The quantitative estimate of drug-likeness (QED) is 0.929. The molecule has 1 aromatic carbocycles. The minimum absolute atomic E-state index is 0.0954. The maximum Gasteiger partial charge on any atom is 0.229 e. The Kier molecular flexibility index (Phi) is 3.77. The Balaban J connectivity index is 2.63. The van der Waals surface area contributed by atoms with Crippen LogP contribution in [-0.4, -0.2) is 33.2 Å². The van der Waals surface area contributed by atoms with Gasteiger partial charge in [-0.25, -0.2) is 13.4 Å². The zero-order chi connectivity index (χ0) is 15.1. The van der Waals surface area contributed by atoms with Gasteiger partial charge in [0.25, 0.3) is 0 Å². The van der Waals surface area contributed by atoms with Gasteiger partial charge in [-0.3, -0.25) is 4.72 Å². The normalized spacial score (nSPS) is 18.6. The zero-order valence-corrected chi connectivity index (χ0v) is 13.3. The first-order valence-electron chi connectivity index (χ1n) is 6.48. The summed E-state index contributed by atoms with van der Waals surface area (Å²) in [5.74, 6) is 0.509. The average molecular weight is 296 g/mol. The predicted octanol–water partition coefficient (Wildman–Crippen LogP) is 2.15. The molecule has 0 amide bonds. The van der Waals surface area contributed by atoms with Gasteiger partial charge in [0.05, 0.1) is 23.5 Å². The molecule has 0 fully saturated rings. The van der Waals surface area contributed by atoms with Crippen molar-refractivity contribution in [2.45, 2.75) is 33.7 Å². The van der Waals surface area contributed by atoms with Crippen molar-refractivity contribution >= 4 is 21.6 Å². The molecular weight excluding hydrogens is 276 g/mol. The Labute approximate surface area is 120 Å². The molecule has 1 N–H and O–H groups in total. The Bertz CT molecular complexity index is 678. The third-order valence-corrected chi connectivity index (χ3v) is 4.05. The highest BCUT2D eigenvalue weighted by molar-refractivity contribution is 7.92. The lowest BCUT2D eigenvalue weighted by Crippen LogP contribution is -2.16. The van der Waals surface area contributed by atoms with Crippen molar-refractivity contribution in [2.75, 3.05) is 17.6 Å². The van der Waals surface area contributed by atoms with Crippen molar-refractivity contribution in [2.24, 2.45) is 4.99 Å². The predicted molar refractivity (Wildman–Crippen MR) is 81.1 cm³/mol. The summed E-state index contributed by atoms with van der Waals surface area (Å²) in [5.41, 5.74) is 4.31. The number of benzene rings is 1. The summed E-state index contributed by atoms with van der Waals surface area (Å²) in [6.07, 6.45) is 1.14. The number of aryl methyl sites for hydroxylation is 1. The van der Waals surface area contributed by atoms with Gasteiger partial charge in [-0.05, 0) is 50.5 Å². The number of anilines is 1. The van der Waals surface area contributed by atoms with Gasteiger partial charge in [-0.1, -0.05) is 0 Å². The molecule has 1 aliphatic heterocycles. The van der Waals surface area contributed by atoms with Gasteiger partial charge in [-0.2, -0.15) is 0 Å². The molecule has 0 radical (unpaired) electrons. The molecule has 1 atom stereocenters. The van der Waals surface area contributed by atoms with E-state index in [1.54, 1.807) is 0 Å². The minimum atomic E-state index is -3.36. The topological polar surface area (TPSA) is 67.8 Å². The zero-order valence-electron chi connectivity index (χ0n) is 12.4. The average Bonchev–Trinajstić information content (AvgIpc) is 2.75. The molecule has 0 aromatic heterocycles. The number of rotatable bonds is 3. The summed E-state index contributed by atoms with van der Waals surface area (Å²) in [5, 5.41) is 0. The lowest BCUT2D eigenvalue weighted by atomic mass is 9.98. The van der Waals surface area contributed by atoms with Crippen molar-refractivity contribution in [1.82, 2.24) is 0 Å². The van der Waals surface area contributed by atoms with Crippen LogP contribution in [0.25, 0.3) is 0 Å². The van der Waals surface area contributed by atoms with Crippen LogP contribution in [-0.2, 0) is 14.8 Å². The highest BCUT2D eigenvalue weighted by Crippen LogP contribution is 2.29. The molecule has 1 aliphatic rings. The largest absolute Gasteiger partial charge is 0.475 e. The molecule has 0 aliphatic carbocycles. The highest BCUT2D eigenvalue weighted by atomic mass is 32.2. The van der Waals surface area contributed by atoms with Crippen molar-refractivity contribution in [1.29, 1.82) is 0 Å². The van der Waals surface area contributed by atoms with Gasteiger partial charge in [0.15, 0.2) is 0 Å². The monoisotopic (exact) mass is 296 g/mol. The molecular formula is C14H20N2O3S. The number of ether oxygens (including phenoxy) is 1. The van der Waals surface area contributed by atoms with Crippen LogP contribution in [0.2, 0.25) is 0 Å². The summed E-state index contributed by atoms with van der Waals surface area (Å²) >= 11 is 0. The molecule has 1 heterocycles. The molecule has 0 bridgehead atoms. The maximum atomic E-state index is 11.6. The summed E-state index contributed by atoms with van der Waals surface area (Å²) in [4.78, 5) is 4.42. The lowest BCUT2D eigenvalue weighted by molar-refractivity contribution is 0.324. The molecule has 0 unspecified atom stereocenters. The Morgan fingerprint density at radius 3 is 2.45 bits per heavy atom. The fourth-order valence-electron chi connectivity index (χ4n) is 2.19. The standard InChI is InChI=1S/C14H20N2O3S/c1-8-6-12(14-15-9(2)7-19-14)13(11(4)10(8)3)16-20(5,17)18/h6,9,16H,7H2,1-5H3/t9-/m1/s1. The van der Waals surface area contributed by atoms with Crippen LogP contribution in [0.4, 0.5) is 5.69 Å². The van der Waals surface area contributed by atoms with E-state index in [9.17, 15) is 8.42 Å². The first-order valence-corrected chi connectivity index (χ1v) is 8.37. The maximum absolute atomic E-state index is 11.6. The number of nitrogens with one attached hydrogen (secondary N) is 1. The van der Waals surface area contributed by atoms with Crippen LogP contribution in [0.1, 0.15) is 29.2 Å². The van der Waals surface area contributed by atoms with Gasteiger partial charge in [-0.15, -0.1) is 0 Å². The van der Waals surface area contributed by atoms with E-state index in [0.717, 1.165) is 22.9 Å². The van der Waals surface area contributed by atoms with E-state index in [1.165, 1.54) is 0 Å². The molecule has 20 heavy (non-hydrogen) atoms. The second kappa shape index (κ2) is 5.09. The molecule has 5 nitrogen and oxygen atoms in total. The smallest absolute Gasteiger partial charge is 0.229 e. The van der Waals surface area contributed by atoms with Crippen LogP contribution in [0.3, 0.4) is 0 Å². The summed E-state index contributed by atoms with van der Waals surface area (Å²) in [7, 11) is -3.36. The Morgan fingerprint density at radius 1 is 1.30 bits per heavy atom. The summed E-state index contributed by atoms with van der Waals surface area (Å²) < 4.78 is 31.3. The van der Waals surface area contributed by atoms with Gasteiger partial charge in [0.1, 0.15) is 6.61 Å². The number of nitrogens with zero attached hydrogens (tertiary/aromatic N) is 1. The fraction of sp³-hybridized carbons (Fsp3) is 0.500. The Morgan fingerprint density at radius 2 is 1.95 bits per heavy atom. The van der Waals surface area contributed by atoms with Crippen LogP contribution in [0.5, 0.6) is 0 Å². The summed E-state index contributed by atoms with van der Waals surface area (Å²) in [6.45, 7) is 8.36. The van der Waals surface area contributed by atoms with E-state index in [1.807, 2.05) is 33.8 Å². The van der Waals surface area contributed by atoms with Crippen LogP contribution >= 0.6 is 0 Å². The molecule has 2 rings (SSSR count). The van der Waals surface area contributed by atoms with E-state index < -0.39 is 10.0 Å². The molecule has 6 heteroatoms. The number of hydrogen-bond donors (Lipinski definition) is 1. The molecule has 0 saturated heterocycles. The minimum Gasteiger partial charge on any atom is -0.475 e. The third-order valence-electron chi connectivity index (χ3n) is 3.48. The van der Waals surface area contributed by atoms with Gasteiger partial charge < -0.3 is 4.74 Å². The highest BCUT2D eigenvalue weighted by Gasteiger charge is 2.23. The number of sulfonamides is 1. The van der Waals surface area contributed by atoms with Crippen molar-refractivity contribution in [3.63, 3.8) is 0 Å². The molecule has 0 saturated carbocycles. The molecule has 1 aromatic rings. The SMILES string of the molecule is Cc1cc(C2=N[C@H](C)CO2)c(NS(C)(=O)=O)c(C)c1C. The van der Waals surface area contributed by atoms with E-state index in [2.05, 4.69) is 9.71 Å². The van der Waals surface area contributed by atoms with Crippen LogP contribution < -0.4 is 4.72 Å². The van der Waals surface area contributed by atoms with E-state index >= 15 is 0 Å². The summed E-state index contributed by atoms with van der Waals surface area (Å²) in [6, 6.07) is 2.02. The first-order chi connectivity index (χ1) is 9.19. The third kappa shape index (κ3) is 2.95. The molecule has 110 valence electrons. The van der Waals surface area contributed by atoms with Crippen LogP contribution in [0.15, 0.2) is 11.1 Å². The number of aliphatic imine (C=N–C) groups is 1. The molecule has 0 spiro atoms. The van der Waals surface area contributed by atoms with Gasteiger partial charge >= 0.3 is 0 Å². The van der Waals surface area contributed by atoms with E-state index in [0.29, 0.717) is 23.8 Å². The first kappa shape index (κ1) is 14.8. The number of hydrogen-bond acceptors (Lipinski definition) is 4. The van der Waals surface area contributed by atoms with E-state index in [4.69, 9.17) is 4.74 Å². The fourth-order valence-corrected chi connectivity index (χ4v) is 2.82. The second-order valence-corrected chi connectivity index (χ2v) is 7.08. The van der Waals surface area contributed by atoms with Gasteiger partial charge in [0.2, 0.25) is 15.9 Å². The van der Waals surface area contributed by atoms with Crippen molar-refractivity contribution in [3.8, 4) is 0 Å². The van der Waals surface area contributed by atoms with Gasteiger partial charge in [0, 0.05) is 0 Å². The van der Waals surface area contributed by atoms with Crippen molar-refractivity contribution < 1.29 is 13.2 Å².